The fourth-order valence-electron chi connectivity index (χ4n) is 8.42. The molecule has 0 spiro atoms. The molecule has 1 saturated heterocycles. The van der Waals surface area contributed by atoms with E-state index in [0.29, 0.717) is 24.3 Å². The summed E-state index contributed by atoms with van der Waals surface area (Å²) in [5.74, 6) is 2.32. The van der Waals surface area contributed by atoms with Crippen molar-refractivity contribution in [3.63, 3.8) is 0 Å². The van der Waals surface area contributed by atoms with E-state index in [-0.39, 0.29) is 39.5 Å². The van der Waals surface area contributed by atoms with Crippen molar-refractivity contribution in [3.05, 3.63) is 69.1 Å². The van der Waals surface area contributed by atoms with Crippen LogP contribution < -0.4 is 21.0 Å². The molecular formula is C42H50N2O11. The first-order valence-electron chi connectivity index (χ1n) is 18.6. The number of methoxy groups -OCH3 is 1. The van der Waals surface area contributed by atoms with Crippen molar-refractivity contribution < 1.29 is 48.3 Å². The van der Waals surface area contributed by atoms with Crippen molar-refractivity contribution in [1.29, 1.82) is 0 Å². The van der Waals surface area contributed by atoms with E-state index in [1.165, 1.54) is 37.4 Å². The van der Waals surface area contributed by atoms with Crippen LogP contribution in [0.3, 0.4) is 0 Å². The summed E-state index contributed by atoms with van der Waals surface area (Å²) in [6.45, 7) is 8.88. The largest absolute Gasteiger partial charge is 0.508 e. The molecule has 13 heteroatoms. The Hall–Kier alpha value is -5.03. The van der Waals surface area contributed by atoms with Gasteiger partial charge in [0.2, 0.25) is 6.29 Å². The highest BCUT2D eigenvalue weighted by Gasteiger charge is 2.54. The second-order valence-corrected chi connectivity index (χ2v) is 15.9. The van der Waals surface area contributed by atoms with Crippen LogP contribution in [0.5, 0.6) is 17.2 Å². The Bertz CT molecular complexity index is 2100. The van der Waals surface area contributed by atoms with Crippen LogP contribution in [0.1, 0.15) is 87.7 Å². The van der Waals surface area contributed by atoms with Gasteiger partial charge in [-0.15, -0.1) is 12.3 Å². The molecule has 2 bridgehead atoms. The minimum absolute atomic E-state index is 0.0213. The number of benzene rings is 2. The van der Waals surface area contributed by atoms with Gasteiger partial charge in [0, 0.05) is 29.7 Å². The molecule has 2 amide bonds. The number of hydrogen-bond donors (Lipinski definition) is 5. The molecule has 3 aliphatic rings. The molecule has 1 aromatic heterocycles. The molecule has 55 heavy (non-hydrogen) atoms. The first-order chi connectivity index (χ1) is 26.0. The topological polar surface area (TPSA) is 186 Å². The van der Waals surface area contributed by atoms with Gasteiger partial charge in [-0.1, -0.05) is 24.5 Å². The highest BCUT2D eigenvalue weighted by atomic mass is 16.7. The van der Waals surface area contributed by atoms with E-state index in [1.807, 2.05) is 19.9 Å². The summed E-state index contributed by atoms with van der Waals surface area (Å²) < 4.78 is 29.6. The lowest BCUT2D eigenvalue weighted by Gasteiger charge is -2.49. The lowest BCUT2D eigenvalue weighted by molar-refractivity contribution is -0.305. The van der Waals surface area contributed by atoms with Gasteiger partial charge in [-0.05, 0) is 109 Å². The Kier molecular flexibility index (Phi) is 11.3. The van der Waals surface area contributed by atoms with Gasteiger partial charge in [0.05, 0.1) is 11.0 Å². The zero-order valence-electron chi connectivity index (χ0n) is 32.1. The molecule has 1 aliphatic heterocycles. The van der Waals surface area contributed by atoms with Gasteiger partial charge >= 0.3 is 11.7 Å². The van der Waals surface area contributed by atoms with Crippen molar-refractivity contribution in [3.8, 4) is 29.6 Å². The van der Waals surface area contributed by atoms with Crippen LogP contribution in [0, 0.1) is 31.1 Å². The van der Waals surface area contributed by atoms with Crippen LogP contribution in [0.15, 0.2) is 51.2 Å². The monoisotopic (exact) mass is 758 g/mol. The summed E-state index contributed by atoms with van der Waals surface area (Å²) in [6.07, 6.45) is 7.71. The van der Waals surface area contributed by atoms with E-state index >= 15 is 0 Å². The number of amides is 2. The van der Waals surface area contributed by atoms with Crippen LogP contribution in [0.25, 0.3) is 11.0 Å². The van der Waals surface area contributed by atoms with E-state index in [2.05, 4.69) is 16.6 Å². The van der Waals surface area contributed by atoms with E-state index in [1.54, 1.807) is 20.8 Å². The lowest BCUT2D eigenvalue weighted by Crippen LogP contribution is -2.66. The molecule has 0 radical (unpaired) electrons. The van der Waals surface area contributed by atoms with Gasteiger partial charge in [0.25, 0.3) is 5.91 Å². The molecule has 294 valence electrons. The number of phenolic OH excluding ortho intramolecular Hbond substituents is 1. The number of anilines is 1. The average Bonchev–Trinajstić information content (AvgIpc) is 3.12. The van der Waals surface area contributed by atoms with Crippen LogP contribution in [0.2, 0.25) is 0 Å². The van der Waals surface area contributed by atoms with Gasteiger partial charge in [-0.25, -0.2) is 9.59 Å². The SMILES string of the molecule is C#C[C@H]1C[C@H]2CCCC(NC(=O)O[C@H]3[C@@H](O)[C@H](Oc4ccc5c(O)c(NC(=O)c6ccc(O)c(CC=C(C)C)c6)c(=O)oc5c4C)OC(C)(C)[C@@H]3OC)(C1)C2. The second-order valence-electron chi connectivity index (χ2n) is 15.9. The number of hydrogen-bond acceptors (Lipinski definition) is 11. The Morgan fingerprint density at radius 2 is 1.91 bits per heavy atom. The Morgan fingerprint density at radius 1 is 1.15 bits per heavy atom. The number of aliphatic hydroxyl groups excluding tert-OH is 1. The van der Waals surface area contributed by atoms with Crippen LogP contribution in [-0.2, 0) is 20.6 Å². The fraction of sp³-hybridized carbons (Fsp3) is 0.500. The number of rotatable bonds is 9. The summed E-state index contributed by atoms with van der Waals surface area (Å²) in [5, 5.41) is 38.7. The number of carbonyl (C=O) groups excluding carboxylic acids is 2. The first-order valence-corrected chi connectivity index (χ1v) is 18.6. The maximum Gasteiger partial charge on any atom is 0.408 e. The van der Waals surface area contributed by atoms with Crippen LogP contribution >= 0.6 is 0 Å². The predicted octanol–water partition coefficient (Wildman–Crippen LogP) is 6.23. The van der Waals surface area contributed by atoms with Gasteiger partial charge in [-0.2, -0.15) is 0 Å². The molecule has 2 heterocycles. The maximum absolute atomic E-state index is 13.5. The maximum atomic E-state index is 13.5. The summed E-state index contributed by atoms with van der Waals surface area (Å²) in [7, 11) is 1.44. The molecule has 6 rings (SSSR count). The third-order valence-electron chi connectivity index (χ3n) is 11.1. The number of allylic oxidation sites excluding steroid dienone is 2. The standard InChI is InChI=1S/C42H50N2O11/c1-8-24-18-25-10-9-17-42(20-24,21-25)44-40(50)54-35-33(47)39(55-41(5,6)36(35)51-7)52-30-16-14-28-32(46)31(38(49)53-34(28)23(30)4)43-37(48)27-13-15-29(45)26(19-27)12-11-22(2)3/h1,11,13-16,19,24-25,33,35-36,39,45-47H,9-10,12,17-18,20-21H2,2-7H3,(H,43,48)(H,44,50)/t24-,25+,33+,35-,36+,39+,42?/m0/s1. The number of phenols is 1. The Morgan fingerprint density at radius 3 is 2.62 bits per heavy atom. The Labute approximate surface area is 320 Å². The van der Waals surface area contributed by atoms with Crippen molar-refractivity contribution in [2.75, 3.05) is 12.4 Å². The third kappa shape index (κ3) is 8.17. The zero-order chi connectivity index (χ0) is 39.8. The molecule has 3 aromatic rings. The fourth-order valence-corrected chi connectivity index (χ4v) is 8.42. The summed E-state index contributed by atoms with van der Waals surface area (Å²) in [4.78, 5) is 39.9. The predicted molar refractivity (Wildman–Crippen MR) is 204 cm³/mol. The second kappa shape index (κ2) is 15.6. The first kappa shape index (κ1) is 39.7. The van der Waals surface area contributed by atoms with Gasteiger partial charge in [0.15, 0.2) is 23.6 Å². The van der Waals surface area contributed by atoms with Crippen molar-refractivity contribution in [2.45, 2.75) is 115 Å². The summed E-state index contributed by atoms with van der Waals surface area (Å²) >= 11 is 0. The van der Waals surface area contributed by atoms with Gasteiger partial charge in [0.1, 0.15) is 23.2 Å². The quantitative estimate of drug-likeness (QED) is 0.0947. The molecular weight excluding hydrogens is 708 g/mol. The highest BCUT2D eigenvalue weighted by molar-refractivity contribution is 6.06. The normalized spacial score (nSPS) is 27.0. The number of aromatic hydroxyl groups is 2. The minimum Gasteiger partial charge on any atom is -0.508 e. The number of carbonyl (C=O) groups is 2. The number of fused-ring (bicyclic) bond motifs is 3. The molecule has 2 aromatic carbocycles. The van der Waals surface area contributed by atoms with E-state index in [0.717, 1.165) is 37.7 Å². The molecule has 5 N–H and O–H groups in total. The number of aryl methyl sites for hydroxylation is 1. The van der Waals surface area contributed by atoms with E-state index in [9.17, 15) is 29.7 Å². The molecule has 2 saturated carbocycles. The Balaban J connectivity index is 1.21. The zero-order valence-corrected chi connectivity index (χ0v) is 32.1. The van der Waals surface area contributed by atoms with Crippen molar-refractivity contribution in [2.24, 2.45) is 11.8 Å². The molecule has 2 aliphatic carbocycles. The highest BCUT2D eigenvalue weighted by Crippen LogP contribution is 2.45. The molecule has 3 fully saturated rings. The third-order valence-corrected chi connectivity index (χ3v) is 11.1. The summed E-state index contributed by atoms with van der Waals surface area (Å²) in [6, 6.07) is 7.23. The number of terminal acetylenes is 1. The lowest BCUT2D eigenvalue weighted by atomic mass is 9.64. The summed E-state index contributed by atoms with van der Waals surface area (Å²) in [5.41, 5.74) is -1.10. The average molecular weight is 759 g/mol. The van der Waals surface area contributed by atoms with Crippen LogP contribution in [-0.4, -0.2) is 70.2 Å². The van der Waals surface area contributed by atoms with Gasteiger partial charge in [-0.3, -0.25) is 4.79 Å². The van der Waals surface area contributed by atoms with Crippen molar-refractivity contribution >= 4 is 28.7 Å². The number of ether oxygens (including phenoxy) is 4. The van der Waals surface area contributed by atoms with Crippen LogP contribution in [0.4, 0.5) is 10.5 Å². The van der Waals surface area contributed by atoms with E-state index < -0.39 is 64.8 Å². The smallest absolute Gasteiger partial charge is 0.408 e. The van der Waals surface area contributed by atoms with E-state index in [4.69, 9.17) is 29.8 Å². The van der Waals surface area contributed by atoms with Crippen molar-refractivity contribution in [1.82, 2.24) is 5.32 Å². The number of nitrogens with one attached hydrogen (secondary N) is 2. The van der Waals surface area contributed by atoms with Gasteiger partial charge < -0.3 is 49.3 Å². The number of aliphatic hydroxyl groups is 1. The molecule has 7 atom stereocenters. The minimum atomic E-state index is -1.51. The molecule has 1 unspecified atom stereocenters. The molecule has 13 nitrogen and oxygen atoms in total. The number of alkyl carbamates (subject to hydrolysis) is 1.